The fourth-order valence-corrected chi connectivity index (χ4v) is 2.92. The SMILES string of the molecule is C=CCNC1(Cc2ccccc2)CCCCC1.Cl. The van der Waals surface area contributed by atoms with E-state index < -0.39 is 0 Å². The summed E-state index contributed by atoms with van der Waals surface area (Å²) in [4.78, 5) is 0. The second-order valence-electron chi connectivity index (χ2n) is 5.17. The van der Waals surface area contributed by atoms with Gasteiger partial charge in [0, 0.05) is 12.1 Å². The van der Waals surface area contributed by atoms with Crippen molar-refractivity contribution in [3.8, 4) is 0 Å². The summed E-state index contributed by atoms with van der Waals surface area (Å²) in [5, 5.41) is 3.72. The van der Waals surface area contributed by atoms with Gasteiger partial charge >= 0.3 is 0 Å². The van der Waals surface area contributed by atoms with Gasteiger partial charge < -0.3 is 5.32 Å². The van der Waals surface area contributed by atoms with Gasteiger partial charge in [-0.2, -0.15) is 0 Å². The van der Waals surface area contributed by atoms with E-state index in [0.29, 0.717) is 5.54 Å². The van der Waals surface area contributed by atoms with Gasteiger partial charge in [-0.15, -0.1) is 19.0 Å². The smallest absolute Gasteiger partial charge is 0.0224 e. The van der Waals surface area contributed by atoms with Crippen molar-refractivity contribution in [3.05, 3.63) is 48.6 Å². The van der Waals surface area contributed by atoms with Crippen LogP contribution in [0.2, 0.25) is 0 Å². The summed E-state index contributed by atoms with van der Waals surface area (Å²) in [5.74, 6) is 0. The zero-order valence-electron chi connectivity index (χ0n) is 11.0. The fourth-order valence-electron chi connectivity index (χ4n) is 2.92. The Morgan fingerprint density at radius 1 is 1.11 bits per heavy atom. The number of hydrogen-bond donors (Lipinski definition) is 1. The van der Waals surface area contributed by atoms with E-state index >= 15 is 0 Å². The molecule has 0 atom stereocenters. The molecule has 0 aromatic heterocycles. The Hall–Kier alpha value is -0.790. The molecule has 1 saturated carbocycles. The molecule has 2 rings (SSSR count). The first-order valence-electron chi connectivity index (χ1n) is 6.74. The molecular weight excluding hydrogens is 242 g/mol. The molecule has 18 heavy (non-hydrogen) atoms. The first-order valence-corrected chi connectivity index (χ1v) is 6.74. The highest BCUT2D eigenvalue weighted by Crippen LogP contribution is 2.31. The molecule has 0 aliphatic heterocycles. The Bertz CT molecular complexity index is 341. The highest BCUT2D eigenvalue weighted by Gasteiger charge is 2.30. The van der Waals surface area contributed by atoms with E-state index in [9.17, 15) is 0 Å². The van der Waals surface area contributed by atoms with Crippen molar-refractivity contribution in [2.45, 2.75) is 44.1 Å². The van der Waals surface area contributed by atoms with Gasteiger partial charge in [0.25, 0.3) is 0 Å². The highest BCUT2D eigenvalue weighted by atomic mass is 35.5. The molecule has 1 fully saturated rings. The second-order valence-corrected chi connectivity index (χ2v) is 5.17. The average Bonchev–Trinajstić information content (AvgIpc) is 2.39. The van der Waals surface area contributed by atoms with Crippen molar-refractivity contribution in [1.29, 1.82) is 0 Å². The molecule has 0 amide bonds. The molecule has 0 bridgehead atoms. The van der Waals surface area contributed by atoms with E-state index in [1.807, 2.05) is 6.08 Å². The molecule has 1 aromatic rings. The maximum absolute atomic E-state index is 3.82. The molecular formula is C16H24ClN. The lowest BCUT2D eigenvalue weighted by atomic mass is 9.77. The molecule has 0 radical (unpaired) electrons. The number of hydrogen-bond acceptors (Lipinski definition) is 1. The van der Waals surface area contributed by atoms with Crippen LogP contribution in [0.15, 0.2) is 43.0 Å². The van der Waals surface area contributed by atoms with Crippen LogP contribution in [-0.2, 0) is 6.42 Å². The van der Waals surface area contributed by atoms with Crippen LogP contribution < -0.4 is 5.32 Å². The number of rotatable bonds is 5. The fraction of sp³-hybridized carbons (Fsp3) is 0.500. The minimum absolute atomic E-state index is 0. The lowest BCUT2D eigenvalue weighted by Gasteiger charge is -2.38. The summed E-state index contributed by atoms with van der Waals surface area (Å²) in [6.45, 7) is 4.74. The van der Waals surface area contributed by atoms with Crippen molar-refractivity contribution in [2.75, 3.05) is 6.54 Å². The maximum atomic E-state index is 3.82. The summed E-state index contributed by atoms with van der Waals surface area (Å²) in [7, 11) is 0. The van der Waals surface area contributed by atoms with E-state index in [2.05, 4.69) is 42.2 Å². The normalized spacial score (nSPS) is 17.8. The standard InChI is InChI=1S/C16H23N.ClH/c1-2-13-17-16(11-7-4-8-12-16)14-15-9-5-3-6-10-15;/h2-3,5-6,9-10,17H,1,4,7-8,11-14H2;1H. The van der Waals surface area contributed by atoms with Gasteiger partial charge in [0.15, 0.2) is 0 Å². The van der Waals surface area contributed by atoms with Gasteiger partial charge in [0.2, 0.25) is 0 Å². The monoisotopic (exact) mass is 265 g/mol. The number of nitrogens with one attached hydrogen (secondary N) is 1. The van der Waals surface area contributed by atoms with Gasteiger partial charge in [-0.05, 0) is 24.8 Å². The Balaban J connectivity index is 0.00000162. The Kier molecular flexibility index (Phi) is 6.45. The van der Waals surface area contributed by atoms with Crippen molar-refractivity contribution >= 4 is 12.4 Å². The summed E-state index contributed by atoms with van der Waals surface area (Å²) < 4.78 is 0. The van der Waals surface area contributed by atoms with Crippen LogP contribution in [0.4, 0.5) is 0 Å². The Labute approximate surface area is 117 Å². The topological polar surface area (TPSA) is 12.0 Å². The van der Waals surface area contributed by atoms with Crippen LogP contribution in [0.3, 0.4) is 0 Å². The summed E-state index contributed by atoms with van der Waals surface area (Å²) in [6.07, 6.45) is 9.84. The van der Waals surface area contributed by atoms with Crippen LogP contribution in [0.1, 0.15) is 37.7 Å². The van der Waals surface area contributed by atoms with E-state index in [-0.39, 0.29) is 12.4 Å². The van der Waals surface area contributed by atoms with Crippen molar-refractivity contribution < 1.29 is 0 Å². The van der Waals surface area contributed by atoms with E-state index in [0.717, 1.165) is 13.0 Å². The zero-order chi connectivity index (χ0) is 12.0. The van der Waals surface area contributed by atoms with Crippen LogP contribution in [-0.4, -0.2) is 12.1 Å². The molecule has 0 unspecified atom stereocenters. The molecule has 0 spiro atoms. The molecule has 1 aliphatic rings. The predicted molar refractivity (Wildman–Crippen MR) is 81.4 cm³/mol. The largest absolute Gasteiger partial charge is 0.307 e. The van der Waals surface area contributed by atoms with Crippen LogP contribution in [0, 0.1) is 0 Å². The summed E-state index contributed by atoms with van der Waals surface area (Å²) in [6, 6.07) is 10.9. The minimum Gasteiger partial charge on any atom is -0.307 e. The molecule has 0 heterocycles. The number of halogens is 1. The molecule has 1 aromatic carbocycles. The highest BCUT2D eigenvalue weighted by molar-refractivity contribution is 5.85. The third kappa shape index (κ3) is 4.15. The van der Waals surface area contributed by atoms with E-state index in [1.54, 1.807) is 0 Å². The van der Waals surface area contributed by atoms with Gasteiger partial charge in [0.05, 0.1) is 0 Å². The Morgan fingerprint density at radius 2 is 1.78 bits per heavy atom. The van der Waals surface area contributed by atoms with Crippen molar-refractivity contribution in [1.82, 2.24) is 5.32 Å². The average molecular weight is 266 g/mol. The third-order valence-electron chi connectivity index (χ3n) is 3.82. The minimum atomic E-state index is 0. The lowest BCUT2D eigenvalue weighted by Crippen LogP contribution is -2.48. The Morgan fingerprint density at radius 3 is 2.39 bits per heavy atom. The predicted octanol–water partition coefficient (Wildman–Crippen LogP) is 4.13. The van der Waals surface area contributed by atoms with Gasteiger partial charge in [-0.25, -0.2) is 0 Å². The number of benzene rings is 1. The summed E-state index contributed by atoms with van der Waals surface area (Å²) in [5.41, 5.74) is 1.76. The van der Waals surface area contributed by atoms with E-state index in [1.165, 1.54) is 37.7 Å². The zero-order valence-corrected chi connectivity index (χ0v) is 11.8. The van der Waals surface area contributed by atoms with Crippen molar-refractivity contribution in [3.63, 3.8) is 0 Å². The van der Waals surface area contributed by atoms with Gasteiger partial charge in [-0.1, -0.05) is 55.7 Å². The van der Waals surface area contributed by atoms with Crippen LogP contribution in [0.5, 0.6) is 0 Å². The summed E-state index contributed by atoms with van der Waals surface area (Å²) >= 11 is 0. The molecule has 0 saturated heterocycles. The van der Waals surface area contributed by atoms with E-state index in [4.69, 9.17) is 0 Å². The maximum Gasteiger partial charge on any atom is 0.0224 e. The molecule has 1 N–H and O–H groups in total. The molecule has 100 valence electrons. The first-order chi connectivity index (χ1) is 8.35. The molecule has 1 nitrogen and oxygen atoms in total. The van der Waals surface area contributed by atoms with Crippen LogP contribution in [0.25, 0.3) is 0 Å². The third-order valence-corrected chi connectivity index (χ3v) is 3.82. The second kappa shape index (κ2) is 7.60. The van der Waals surface area contributed by atoms with Crippen LogP contribution >= 0.6 is 12.4 Å². The van der Waals surface area contributed by atoms with Crippen molar-refractivity contribution in [2.24, 2.45) is 0 Å². The molecule has 1 aliphatic carbocycles. The van der Waals surface area contributed by atoms with Gasteiger partial charge in [-0.3, -0.25) is 0 Å². The lowest BCUT2D eigenvalue weighted by molar-refractivity contribution is 0.237. The van der Waals surface area contributed by atoms with Gasteiger partial charge in [0.1, 0.15) is 0 Å². The quantitative estimate of drug-likeness (QED) is 0.790. The molecule has 2 heteroatoms. The first kappa shape index (κ1) is 15.3.